The molecule has 0 aliphatic heterocycles. The van der Waals surface area contributed by atoms with E-state index in [1.165, 1.54) is 5.56 Å². The molecule has 0 bridgehead atoms. The van der Waals surface area contributed by atoms with Crippen LogP contribution < -0.4 is 5.32 Å². The Hall–Kier alpha value is -3.40. The molecule has 1 N–H and O–H groups in total. The molecule has 4 heteroatoms. The van der Waals surface area contributed by atoms with Gasteiger partial charge in [-0.2, -0.15) is 0 Å². The lowest BCUT2D eigenvalue weighted by atomic mass is 10.1. The van der Waals surface area contributed by atoms with Crippen LogP contribution in [-0.2, 0) is 17.8 Å². The Morgan fingerprint density at radius 3 is 1.86 bits per heavy atom. The number of carbonyl (C=O) groups excluding carboxylic acids is 2. The molecule has 0 atom stereocenters. The van der Waals surface area contributed by atoms with Crippen LogP contribution in [0.15, 0.2) is 91.0 Å². The smallest absolute Gasteiger partial charge is 0.251 e. The third kappa shape index (κ3) is 5.81. The molecule has 0 heterocycles. The van der Waals surface area contributed by atoms with Gasteiger partial charge in [-0.15, -0.1) is 0 Å². The minimum Gasteiger partial charge on any atom is -0.343 e. The molecule has 3 aromatic rings. The van der Waals surface area contributed by atoms with Crippen molar-refractivity contribution in [2.24, 2.45) is 0 Å². The molecule has 0 aliphatic carbocycles. The summed E-state index contributed by atoms with van der Waals surface area (Å²) in [5.74, 6) is -0.333. The number of nitrogens with one attached hydrogen (secondary N) is 1. The maximum Gasteiger partial charge on any atom is 0.251 e. The van der Waals surface area contributed by atoms with E-state index >= 15 is 0 Å². The molecule has 3 aromatic carbocycles. The van der Waals surface area contributed by atoms with Crippen molar-refractivity contribution in [1.29, 1.82) is 0 Å². The van der Waals surface area contributed by atoms with Crippen LogP contribution >= 0.6 is 0 Å². The average molecular weight is 372 g/mol. The number of benzene rings is 3. The van der Waals surface area contributed by atoms with Gasteiger partial charge >= 0.3 is 0 Å². The lowest BCUT2D eigenvalue weighted by Crippen LogP contribution is -2.40. The zero-order valence-electron chi connectivity index (χ0n) is 15.8. The highest BCUT2D eigenvalue weighted by Crippen LogP contribution is 2.08. The molecule has 0 saturated carbocycles. The monoisotopic (exact) mass is 372 g/mol. The van der Waals surface area contributed by atoms with Gasteiger partial charge in [0.25, 0.3) is 5.91 Å². The highest BCUT2D eigenvalue weighted by atomic mass is 16.2. The lowest BCUT2D eigenvalue weighted by Gasteiger charge is -2.23. The fourth-order valence-electron chi connectivity index (χ4n) is 2.96. The first kappa shape index (κ1) is 19.4. The van der Waals surface area contributed by atoms with Crippen molar-refractivity contribution in [3.8, 4) is 0 Å². The van der Waals surface area contributed by atoms with Crippen LogP contribution in [-0.4, -0.2) is 29.8 Å². The zero-order valence-corrected chi connectivity index (χ0v) is 15.8. The van der Waals surface area contributed by atoms with E-state index in [2.05, 4.69) is 17.4 Å². The Balaban J connectivity index is 1.62. The molecule has 142 valence electrons. The standard InChI is InChI=1S/C24H24N2O2/c27-23(18-25-24(28)22-14-8-3-9-15-22)26(19-21-12-6-2-7-13-21)17-16-20-10-4-1-5-11-20/h1-15H,16-19H2,(H,25,28). The Labute approximate surface area is 165 Å². The van der Waals surface area contributed by atoms with Crippen LogP contribution in [0.25, 0.3) is 0 Å². The van der Waals surface area contributed by atoms with Crippen LogP contribution in [0.3, 0.4) is 0 Å². The third-order valence-electron chi connectivity index (χ3n) is 4.52. The first-order valence-electron chi connectivity index (χ1n) is 9.41. The van der Waals surface area contributed by atoms with Crippen LogP contribution in [0, 0.1) is 0 Å². The highest BCUT2D eigenvalue weighted by molar-refractivity contribution is 5.96. The van der Waals surface area contributed by atoms with Gasteiger partial charge in [-0.05, 0) is 29.7 Å². The van der Waals surface area contributed by atoms with Crippen molar-refractivity contribution in [2.75, 3.05) is 13.1 Å². The van der Waals surface area contributed by atoms with Gasteiger partial charge in [-0.3, -0.25) is 9.59 Å². The summed E-state index contributed by atoms with van der Waals surface area (Å²) >= 11 is 0. The first-order valence-corrected chi connectivity index (χ1v) is 9.41. The predicted octanol–water partition coefficient (Wildman–Crippen LogP) is 3.69. The van der Waals surface area contributed by atoms with Crippen molar-refractivity contribution in [1.82, 2.24) is 10.2 Å². The fourth-order valence-corrected chi connectivity index (χ4v) is 2.96. The molecule has 3 rings (SSSR count). The van der Waals surface area contributed by atoms with Gasteiger partial charge in [-0.1, -0.05) is 78.9 Å². The van der Waals surface area contributed by atoms with E-state index in [4.69, 9.17) is 0 Å². The summed E-state index contributed by atoms with van der Waals surface area (Å²) in [7, 11) is 0. The van der Waals surface area contributed by atoms with E-state index in [0.717, 1.165) is 12.0 Å². The van der Waals surface area contributed by atoms with Crippen molar-refractivity contribution in [3.05, 3.63) is 108 Å². The summed E-state index contributed by atoms with van der Waals surface area (Å²) in [6.45, 7) is 1.10. The molecule has 0 aliphatic rings. The van der Waals surface area contributed by atoms with E-state index in [1.54, 1.807) is 29.2 Å². The maximum absolute atomic E-state index is 12.8. The van der Waals surface area contributed by atoms with Crippen LogP contribution in [0.1, 0.15) is 21.5 Å². The molecule has 0 unspecified atom stereocenters. The molecule has 4 nitrogen and oxygen atoms in total. The second kappa shape index (κ2) is 10.1. The quantitative estimate of drug-likeness (QED) is 0.656. The normalized spacial score (nSPS) is 10.3. The Morgan fingerprint density at radius 2 is 1.25 bits per heavy atom. The van der Waals surface area contributed by atoms with Gasteiger partial charge in [0, 0.05) is 18.7 Å². The second-order valence-electron chi connectivity index (χ2n) is 6.59. The van der Waals surface area contributed by atoms with E-state index in [0.29, 0.717) is 18.7 Å². The van der Waals surface area contributed by atoms with Crippen molar-refractivity contribution in [3.63, 3.8) is 0 Å². The van der Waals surface area contributed by atoms with Crippen LogP contribution in [0.5, 0.6) is 0 Å². The first-order chi connectivity index (χ1) is 13.7. The number of amides is 2. The SMILES string of the molecule is O=C(NCC(=O)N(CCc1ccccc1)Cc1ccccc1)c1ccccc1. The van der Waals surface area contributed by atoms with Gasteiger partial charge in [0.05, 0.1) is 6.54 Å². The van der Waals surface area contributed by atoms with E-state index in [1.807, 2.05) is 54.6 Å². The summed E-state index contributed by atoms with van der Waals surface area (Å²) in [5.41, 5.74) is 2.80. The summed E-state index contributed by atoms with van der Waals surface area (Å²) in [6.07, 6.45) is 0.770. The summed E-state index contributed by atoms with van der Waals surface area (Å²) in [4.78, 5) is 26.8. The number of rotatable bonds is 8. The van der Waals surface area contributed by atoms with E-state index in [9.17, 15) is 9.59 Å². The number of carbonyl (C=O) groups is 2. The fraction of sp³-hybridized carbons (Fsp3) is 0.167. The zero-order chi connectivity index (χ0) is 19.6. The molecule has 0 spiro atoms. The molecular weight excluding hydrogens is 348 g/mol. The van der Waals surface area contributed by atoms with Crippen LogP contribution in [0.4, 0.5) is 0 Å². The molecule has 0 fully saturated rings. The molecule has 28 heavy (non-hydrogen) atoms. The van der Waals surface area contributed by atoms with Crippen molar-refractivity contribution in [2.45, 2.75) is 13.0 Å². The van der Waals surface area contributed by atoms with Crippen LogP contribution in [0.2, 0.25) is 0 Å². The highest BCUT2D eigenvalue weighted by Gasteiger charge is 2.15. The van der Waals surface area contributed by atoms with Gasteiger partial charge in [0.15, 0.2) is 0 Å². The Kier molecular flexibility index (Phi) is 6.96. The largest absolute Gasteiger partial charge is 0.343 e. The Morgan fingerprint density at radius 1 is 0.714 bits per heavy atom. The van der Waals surface area contributed by atoms with Gasteiger partial charge < -0.3 is 10.2 Å². The minimum atomic E-state index is -0.239. The molecule has 0 saturated heterocycles. The number of nitrogens with zero attached hydrogens (tertiary/aromatic N) is 1. The van der Waals surface area contributed by atoms with Crippen molar-refractivity contribution < 1.29 is 9.59 Å². The van der Waals surface area contributed by atoms with E-state index < -0.39 is 0 Å². The molecular formula is C24H24N2O2. The summed E-state index contributed by atoms with van der Waals surface area (Å²) < 4.78 is 0. The van der Waals surface area contributed by atoms with Gasteiger partial charge in [0.2, 0.25) is 5.91 Å². The molecule has 0 radical (unpaired) electrons. The minimum absolute atomic E-state index is 0.0185. The van der Waals surface area contributed by atoms with E-state index in [-0.39, 0.29) is 18.4 Å². The number of hydrogen-bond acceptors (Lipinski definition) is 2. The second-order valence-corrected chi connectivity index (χ2v) is 6.59. The number of hydrogen-bond donors (Lipinski definition) is 1. The maximum atomic E-state index is 12.8. The lowest BCUT2D eigenvalue weighted by molar-refractivity contribution is -0.130. The average Bonchev–Trinajstić information content (AvgIpc) is 2.76. The van der Waals surface area contributed by atoms with Gasteiger partial charge in [0.1, 0.15) is 0 Å². The summed E-state index contributed by atoms with van der Waals surface area (Å²) in [6, 6.07) is 28.9. The topological polar surface area (TPSA) is 49.4 Å². The third-order valence-corrected chi connectivity index (χ3v) is 4.52. The van der Waals surface area contributed by atoms with Gasteiger partial charge in [-0.25, -0.2) is 0 Å². The predicted molar refractivity (Wildman–Crippen MR) is 111 cm³/mol. The Bertz CT molecular complexity index is 880. The summed E-state index contributed by atoms with van der Waals surface area (Å²) in [5, 5.41) is 2.73. The van der Waals surface area contributed by atoms with Crippen molar-refractivity contribution >= 4 is 11.8 Å². The molecule has 0 aromatic heterocycles. The molecule has 2 amide bonds.